The lowest BCUT2D eigenvalue weighted by Gasteiger charge is -2.05. The largest absolute Gasteiger partial charge is 0.231 e. The van der Waals surface area contributed by atoms with Gasteiger partial charge in [0.25, 0.3) is 0 Å². The van der Waals surface area contributed by atoms with Crippen LogP contribution in [0.2, 0.25) is 0 Å². The van der Waals surface area contributed by atoms with Gasteiger partial charge >= 0.3 is 0 Å². The molecule has 3 rings (SSSR count). The molecule has 3 nitrogen and oxygen atoms in total. The van der Waals surface area contributed by atoms with E-state index in [1.54, 1.807) is 10.7 Å². The van der Waals surface area contributed by atoms with Crippen LogP contribution in [0.3, 0.4) is 0 Å². The average molecular weight is 259 g/mol. The van der Waals surface area contributed by atoms with Gasteiger partial charge in [-0.3, -0.25) is 0 Å². The Balaban J connectivity index is 2.33. The fourth-order valence-corrected chi connectivity index (χ4v) is 2.23. The van der Waals surface area contributed by atoms with Crippen molar-refractivity contribution in [2.45, 2.75) is 13.8 Å². The lowest BCUT2D eigenvalue weighted by Crippen LogP contribution is -1.99. The van der Waals surface area contributed by atoms with E-state index < -0.39 is 5.95 Å². The Hall–Kier alpha value is -2.30. The molecule has 3 aromatic rings. The number of fused-ring (bicyclic) bond motifs is 1. The third kappa shape index (κ3) is 1.87. The van der Waals surface area contributed by atoms with Gasteiger partial charge in [-0.1, -0.05) is 0 Å². The Morgan fingerprint density at radius 1 is 1.11 bits per heavy atom. The van der Waals surface area contributed by atoms with Crippen molar-refractivity contribution >= 4 is 10.9 Å². The number of pyridine rings is 1. The monoisotopic (exact) mass is 259 g/mol. The number of rotatable bonds is 1. The topological polar surface area (TPSA) is 30.7 Å². The molecule has 0 fully saturated rings. The van der Waals surface area contributed by atoms with E-state index in [-0.39, 0.29) is 5.82 Å². The molecule has 0 radical (unpaired) electrons. The zero-order valence-corrected chi connectivity index (χ0v) is 10.5. The highest BCUT2D eigenvalue weighted by Gasteiger charge is 2.13. The smallest absolute Gasteiger partial charge is 0.212 e. The predicted octanol–water partition coefficient (Wildman–Crippen LogP) is 3.32. The first-order valence-electron chi connectivity index (χ1n) is 5.83. The summed E-state index contributed by atoms with van der Waals surface area (Å²) in [7, 11) is 0. The minimum atomic E-state index is -0.542. The van der Waals surface area contributed by atoms with Crippen LogP contribution in [-0.2, 0) is 0 Å². The molecule has 0 unspecified atom stereocenters. The van der Waals surface area contributed by atoms with Gasteiger partial charge in [-0.05, 0) is 43.7 Å². The Morgan fingerprint density at radius 2 is 1.89 bits per heavy atom. The van der Waals surface area contributed by atoms with Crippen LogP contribution in [0, 0.1) is 25.6 Å². The van der Waals surface area contributed by atoms with Crippen LogP contribution >= 0.6 is 0 Å². The van der Waals surface area contributed by atoms with Gasteiger partial charge in [-0.15, -0.1) is 0 Å². The molecule has 0 aliphatic rings. The fourth-order valence-electron chi connectivity index (χ4n) is 2.23. The Morgan fingerprint density at radius 3 is 2.58 bits per heavy atom. The molecule has 5 heteroatoms. The van der Waals surface area contributed by atoms with Crippen LogP contribution < -0.4 is 0 Å². The maximum Gasteiger partial charge on any atom is 0.212 e. The van der Waals surface area contributed by atoms with Crippen molar-refractivity contribution in [3.8, 4) is 5.69 Å². The molecule has 0 amide bonds. The highest BCUT2D eigenvalue weighted by molar-refractivity contribution is 5.86. The van der Waals surface area contributed by atoms with Crippen molar-refractivity contribution in [1.82, 2.24) is 14.8 Å². The molecule has 0 N–H and O–H groups in total. The summed E-state index contributed by atoms with van der Waals surface area (Å²) in [4.78, 5) is 3.62. The highest BCUT2D eigenvalue weighted by atomic mass is 19.1. The zero-order valence-electron chi connectivity index (χ0n) is 10.5. The molecular weight excluding hydrogens is 248 g/mol. The van der Waals surface area contributed by atoms with Crippen molar-refractivity contribution < 1.29 is 8.78 Å². The first-order valence-corrected chi connectivity index (χ1v) is 5.83. The van der Waals surface area contributed by atoms with Crippen molar-refractivity contribution in [1.29, 1.82) is 0 Å². The van der Waals surface area contributed by atoms with Crippen LogP contribution in [0.15, 0.2) is 30.5 Å². The first-order chi connectivity index (χ1) is 9.06. The molecule has 0 aliphatic carbocycles. The number of hydrogen-bond donors (Lipinski definition) is 0. The van der Waals surface area contributed by atoms with Gasteiger partial charge < -0.3 is 0 Å². The standard InChI is InChI=1S/C14H11F2N3/c1-8-5-10(15)6-12-9(2)18-19(14(8)12)11-3-4-13(16)17-7-11/h3-7H,1-2H3. The van der Waals surface area contributed by atoms with Gasteiger partial charge in [0, 0.05) is 5.39 Å². The summed E-state index contributed by atoms with van der Waals surface area (Å²) < 4.78 is 28.0. The Labute approximate surface area is 108 Å². The molecule has 0 bridgehead atoms. The maximum atomic E-state index is 13.4. The zero-order chi connectivity index (χ0) is 13.6. The van der Waals surface area contributed by atoms with Crippen molar-refractivity contribution in [2.24, 2.45) is 0 Å². The SMILES string of the molecule is Cc1nn(-c2ccc(F)nc2)c2c(C)cc(F)cc12. The molecular formula is C14H11F2N3. The second-order valence-corrected chi connectivity index (χ2v) is 4.46. The number of aromatic nitrogens is 3. The predicted molar refractivity (Wildman–Crippen MR) is 68.3 cm³/mol. The van der Waals surface area contributed by atoms with E-state index >= 15 is 0 Å². The number of aryl methyl sites for hydroxylation is 2. The van der Waals surface area contributed by atoms with Gasteiger partial charge in [0.05, 0.1) is 23.1 Å². The summed E-state index contributed by atoms with van der Waals surface area (Å²) in [6.07, 6.45) is 1.41. The third-order valence-corrected chi connectivity index (χ3v) is 3.07. The van der Waals surface area contributed by atoms with Gasteiger partial charge in [0.1, 0.15) is 5.82 Å². The van der Waals surface area contributed by atoms with Crippen LogP contribution in [-0.4, -0.2) is 14.8 Å². The minimum Gasteiger partial charge on any atom is -0.231 e. The third-order valence-electron chi connectivity index (χ3n) is 3.07. The van der Waals surface area contributed by atoms with Gasteiger partial charge in [0.2, 0.25) is 5.95 Å². The molecule has 0 saturated carbocycles. The summed E-state index contributed by atoms with van der Waals surface area (Å²) in [5, 5.41) is 5.13. The summed E-state index contributed by atoms with van der Waals surface area (Å²) in [6.45, 7) is 3.63. The summed E-state index contributed by atoms with van der Waals surface area (Å²) in [5.74, 6) is -0.829. The van der Waals surface area contributed by atoms with Crippen LogP contribution in [0.25, 0.3) is 16.6 Å². The molecule has 19 heavy (non-hydrogen) atoms. The second kappa shape index (κ2) is 4.12. The fraction of sp³-hybridized carbons (Fsp3) is 0.143. The minimum absolute atomic E-state index is 0.287. The van der Waals surface area contributed by atoms with E-state index in [1.165, 1.54) is 24.4 Å². The molecule has 0 spiro atoms. The summed E-state index contributed by atoms with van der Waals surface area (Å²) in [5.41, 5.74) is 2.96. The van der Waals surface area contributed by atoms with Crippen molar-refractivity contribution in [3.63, 3.8) is 0 Å². The van der Waals surface area contributed by atoms with E-state index in [4.69, 9.17) is 0 Å². The number of hydrogen-bond acceptors (Lipinski definition) is 2. The maximum absolute atomic E-state index is 13.4. The second-order valence-electron chi connectivity index (χ2n) is 4.46. The van der Waals surface area contributed by atoms with Crippen LogP contribution in [0.5, 0.6) is 0 Å². The van der Waals surface area contributed by atoms with Crippen molar-refractivity contribution in [3.05, 3.63) is 53.5 Å². The van der Waals surface area contributed by atoms with Gasteiger partial charge in [0.15, 0.2) is 0 Å². The molecule has 2 aromatic heterocycles. The van der Waals surface area contributed by atoms with Crippen molar-refractivity contribution in [2.75, 3.05) is 0 Å². The number of nitrogens with zero attached hydrogens (tertiary/aromatic N) is 3. The lowest BCUT2D eigenvalue weighted by atomic mass is 10.1. The molecule has 2 heterocycles. The molecule has 0 atom stereocenters. The number of benzene rings is 1. The lowest BCUT2D eigenvalue weighted by molar-refractivity contribution is 0.582. The van der Waals surface area contributed by atoms with E-state index in [0.717, 1.165) is 22.2 Å². The normalized spacial score (nSPS) is 11.2. The summed E-state index contributed by atoms with van der Waals surface area (Å²) in [6, 6.07) is 5.78. The van der Waals surface area contributed by atoms with E-state index in [2.05, 4.69) is 10.1 Å². The van der Waals surface area contributed by atoms with Crippen LogP contribution in [0.4, 0.5) is 8.78 Å². The van der Waals surface area contributed by atoms with E-state index in [9.17, 15) is 8.78 Å². The van der Waals surface area contributed by atoms with Crippen LogP contribution in [0.1, 0.15) is 11.3 Å². The average Bonchev–Trinajstić information content (AvgIpc) is 2.68. The Kier molecular flexibility index (Phi) is 2.55. The molecule has 0 saturated heterocycles. The molecule has 1 aromatic carbocycles. The first kappa shape index (κ1) is 11.8. The Bertz CT molecular complexity index is 760. The highest BCUT2D eigenvalue weighted by Crippen LogP contribution is 2.25. The van der Waals surface area contributed by atoms with E-state index in [0.29, 0.717) is 5.69 Å². The van der Waals surface area contributed by atoms with E-state index in [1.807, 2.05) is 13.8 Å². The quantitative estimate of drug-likeness (QED) is 0.628. The molecule has 96 valence electrons. The van der Waals surface area contributed by atoms with Gasteiger partial charge in [-0.25, -0.2) is 14.1 Å². The molecule has 0 aliphatic heterocycles. The summed E-state index contributed by atoms with van der Waals surface area (Å²) >= 11 is 0. The number of halogens is 2. The van der Waals surface area contributed by atoms with Gasteiger partial charge in [-0.2, -0.15) is 9.49 Å².